The molecule has 1 saturated carbocycles. The first-order valence-corrected chi connectivity index (χ1v) is 4.30. The summed E-state index contributed by atoms with van der Waals surface area (Å²) in [6.45, 7) is 1.95. The van der Waals surface area contributed by atoms with Crippen LogP contribution in [0.5, 0.6) is 0 Å². The van der Waals surface area contributed by atoms with E-state index in [1.807, 2.05) is 6.92 Å². The van der Waals surface area contributed by atoms with E-state index in [0.29, 0.717) is 11.7 Å². The molecule has 12 heavy (non-hydrogen) atoms. The molecule has 1 heterocycles. The Bertz CT molecular complexity index is 278. The fourth-order valence-electron chi connectivity index (χ4n) is 1.32. The highest BCUT2D eigenvalue weighted by Gasteiger charge is 2.40. The number of rotatable bonds is 2. The van der Waals surface area contributed by atoms with Crippen molar-refractivity contribution in [1.82, 2.24) is 10.1 Å². The molecule has 1 aliphatic rings. The number of nitrogens with zero attached hydrogens (tertiary/aromatic N) is 2. The molecule has 1 N–H and O–H groups in total. The summed E-state index contributed by atoms with van der Waals surface area (Å²) in [5, 5.41) is 13.5. The minimum atomic E-state index is -0.781. The molecular weight excluding hydrogens is 156 g/mol. The Balaban J connectivity index is 2.22. The zero-order valence-corrected chi connectivity index (χ0v) is 7.08. The largest absolute Gasteiger partial charge is 0.382 e. The van der Waals surface area contributed by atoms with Crippen molar-refractivity contribution in [3.63, 3.8) is 0 Å². The lowest BCUT2D eigenvalue weighted by atomic mass is 9.80. The summed E-state index contributed by atoms with van der Waals surface area (Å²) < 4.78 is 4.91. The molecule has 0 amide bonds. The maximum absolute atomic E-state index is 9.81. The van der Waals surface area contributed by atoms with E-state index in [4.69, 9.17) is 4.52 Å². The number of aliphatic hydroxyl groups is 1. The molecule has 4 nitrogen and oxygen atoms in total. The fourth-order valence-corrected chi connectivity index (χ4v) is 1.32. The van der Waals surface area contributed by atoms with Crippen molar-refractivity contribution >= 4 is 0 Å². The van der Waals surface area contributed by atoms with E-state index in [-0.39, 0.29) is 0 Å². The second kappa shape index (κ2) is 2.55. The first-order valence-electron chi connectivity index (χ1n) is 4.30. The normalized spacial score (nSPS) is 20.5. The summed E-state index contributed by atoms with van der Waals surface area (Å²) in [5.74, 6) is 1.07. The fraction of sp³-hybridized carbons (Fsp3) is 0.750. The highest BCUT2D eigenvalue weighted by Crippen LogP contribution is 2.39. The standard InChI is InChI=1S/C8H12N2O2/c1-2-6-9-7(10-12-6)8(11)4-3-5-8/h11H,2-5H2,1H3. The van der Waals surface area contributed by atoms with Crippen LogP contribution >= 0.6 is 0 Å². The summed E-state index contributed by atoms with van der Waals surface area (Å²) >= 11 is 0. The summed E-state index contributed by atoms with van der Waals surface area (Å²) in [4.78, 5) is 4.09. The summed E-state index contributed by atoms with van der Waals surface area (Å²) in [5.41, 5.74) is -0.781. The van der Waals surface area contributed by atoms with Crippen LogP contribution in [0.15, 0.2) is 4.52 Å². The molecule has 1 fully saturated rings. The van der Waals surface area contributed by atoms with Crippen molar-refractivity contribution in [2.45, 2.75) is 38.2 Å². The molecule has 0 radical (unpaired) electrons. The Morgan fingerprint density at radius 2 is 2.33 bits per heavy atom. The second-order valence-electron chi connectivity index (χ2n) is 3.25. The Morgan fingerprint density at radius 3 is 2.75 bits per heavy atom. The van der Waals surface area contributed by atoms with Crippen LogP contribution < -0.4 is 0 Å². The van der Waals surface area contributed by atoms with Gasteiger partial charge in [-0.1, -0.05) is 12.1 Å². The van der Waals surface area contributed by atoms with Crippen molar-refractivity contribution in [2.24, 2.45) is 0 Å². The quantitative estimate of drug-likeness (QED) is 0.715. The van der Waals surface area contributed by atoms with E-state index in [2.05, 4.69) is 10.1 Å². The third-order valence-corrected chi connectivity index (χ3v) is 2.37. The Labute approximate surface area is 70.6 Å². The highest BCUT2D eigenvalue weighted by molar-refractivity contribution is 5.05. The predicted octanol–water partition coefficient (Wildman–Crippen LogP) is 1.00. The molecule has 0 spiro atoms. The summed E-state index contributed by atoms with van der Waals surface area (Å²) in [6.07, 6.45) is 3.29. The molecule has 0 saturated heterocycles. The van der Waals surface area contributed by atoms with Gasteiger partial charge in [-0.15, -0.1) is 0 Å². The van der Waals surface area contributed by atoms with E-state index in [1.165, 1.54) is 0 Å². The zero-order chi connectivity index (χ0) is 8.60. The molecule has 0 atom stereocenters. The average Bonchev–Trinajstić information content (AvgIpc) is 2.48. The van der Waals surface area contributed by atoms with Gasteiger partial charge in [-0.2, -0.15) is 4.98 Å². The lowest BCUT2D eigenvalue weighted by molar-refractivity contribution is -0.0482. The summed E-state index contributed by atoms with van der Waals surface area (Å²) in [6, 6.07) is 0. The Hall–Kier alpha value is -0.900. The first-order chi connectivity index (χ1) is 5.74. The van der Waals surface area contributed by atoms with Gasteiger partial charge in [-0.25, -0.2) is 0 Å². The van der Waals surface area contributed by atoms with Crippen LogP contribution in [0.2, 0.25) is 0 Å². The molecule has 0 unspecified atom stereocenters. The van der Waals surface area contributed by atoms with Gasteiger partial charge in [0.05, 0.1) is 0 Å². The monoisotopic (exact) mass is 168 g/mol. The van der Waals surface area contributed by atoms with Gasteiger partial charge in [-0.3, -0.25) is 0 Å². The predicted molar refractivity (Wildman–Crippen MR) is 41.4 cm³/mol. The maximum atomic E-state index is 9.81. The first kappa shape index (κ1) is 7.73. The van der Waals surface area contributed by atoms with Crippen LogP contribution in [0.1, 0.15) is 37.9 Å². The molecule has 0 bridgehead atoms. The molecule has 1 aromatic heterocycles. The van der Waals surface area contributed by atoms with Crippen LogP contribution in [-0.4, -0.2) is 15.2 Å². The van der Waals surface area contributed by atoms with Crippen LogP contribution in [0.3, 0.4) is 0 Å². The Morgan fingerprint density at radius 1 is 1.58 bits per heavy atom. The third-order valence-electron chi connectivity index (χ3n) is 2.37. The third kappa shape index (κ3) is 1.03. The minimum Gasteiger partial charge on any atom is -0.382 e. The van der Waals surface area contributed by atoms with E-state index in [1.54, 1.807) is 0 Å². The number of aryl methyl sites for hydroxylation is 1. The van der Waals surface area contributed by atoms with Gasteiger partial charge in [0.2, 0.25) is 11.7 Å². The van der Waals surface area contributed by atoms with E-state index in [9.17, 15) is 5.11 Å². The number of aromatic nitrogens is 2. The summed E-state index contributed by atoms with van der Waals surface area (Å²) in [7, 11) is 0. The van der Waals surface area contributed by atoms with Crippen LogP contribution in [-0.2, 0) is 12.0 Å². The van der Waals surface area contributed by atoms with E-state index in [0.717, 1.165) is 25.7 Å². The van der Waals surface area contributed by atoms with Gasteiger partial charge in [-0.05, 0) is 19.3 Å². The van der Waals surface area contributed by atoms with Crippen molar-refractivity contribution in [3.8, 4) is 0 Å². The molecule has 0 aliphatic heterocycles. The average molecular weight is 168 g/mol. The van der Waals surface area contributed by atoms with Crippen LogP contribution in [0.25, 0.3) is 0 Å². The van der Waals surface area contributed by atoms with E-state index >= 15 is 0 Å². The molecule has 66 valence electrons. The SMILES string of the molecule is CCc1nc(C2(O)CCC2)no1. The van der Waals surface area contributed by atoms with Gasteiger partial charge in [0, 0.05) is 6.42 Å². The molecule has 1 aliphatic carbocycles. The van der Waals surface area contributed by atoms with Crippen LogP contribution in [0.4, 0.5) is 0 Å². The minimum absolute atomic E-state index is 0.464. The molecular formula is C8H12N2O2. The smallest absolute Gasteiger partial charge is 0.226 e. The highest BCUT2D eigenvalue weighted by atomic mass is 16.5. The zero-order valence-electron chi connectivity index (χ0n) is 7.08. The Kier molecular flexibility index (Phi) is 1.65. The topological polar surface area (TPSA) is 59.2 Å². The van der Waals surface area contributed by atoms with E-state index < -0.39 is 5.60 Å². The van der Waals surface area contributed by atoms with Gasteiger partial charge >= 0.3 is 0 Å². The van der Waals surface area contributed by atoms with Crippen molar-refractivity contribution in [2.75, 3.05) is 0 Å². The second-order valence-corrected chi connectivity index (χ2v) is 3.25. The van der Waals surface area contributed by atoms with Gasteiger partial charge in [0.25, 0.3) is 0 Å². The van der Waals surface area contributed by atoms with Crippen molar-refractivity contribution in [3.05, 3.63) is 11.7 Å². The van der Waals surface area contributed by atoms with Gasteiger partial charge < -0.3 is 9.63 Å². The lowest BCUT2D eigenvalue weighted by Gasteiger charge is -2.32. The number of hydrogen-bond donors (Lipinski definition) is 1. The van der Waals surface area contributed by atoms with Crippen LogP contribution in [0, 0.1) is 0 Å². The number of hydrogen-bond acceptors (Lipinski definition) is 4. The van der Waals surface area contributed by atoms with Crippen molar-refractivity contribution < 1.29 is 9.63 Å². The lowest BCUT2D eigenvalue weighted by Crippen LogP contribution is -2.34. The van der Waals surface area contributed by atoms with Gasteiger partial charge in [0.15, 0.2) is 0 Å². The maximum Gasteiger partial charge on any atom is 0.226 e. The molecule has 2 rings (SSSR count). The molecule has 1 aromatic rings. The molecule has 0 aromatic carbocycles. The van der Waals surface area contributed by atoms with Crippen molar-refractivity contribution in [1.29, 1.82) is 0 Å². The molecule has 4 heteroatoms. The van der Waals surface area contributed by atoms with Gasteiger partial charge in [0.1, 0.15) is 5.60 Å².